The highest BCUT2D eigenvalue weighted by atomic mass is 19.3. The van der Waals surface area contributed by atoms with E-state index >= 15 is 0 Å². The number of hydrogen-bond donors (Lipinski definition) is 2. The molecule has 176 valence electrons. The quantitative estimate of drug-likeness (QED) is 0.554. The third-order valence-electron chi connectivity index (χ3n) is 5.89. The van der Waals surface area contributed by atoms with Crippen molar-refractivity contribution in [2.24, 2.45) is 0 Å². The highest BCUT2D eigenvalue weighted by molar-refractivity contribution is 5.88. The Balaban J connectivity index is 1.79. The number of aliphatic hydroxyl groups is 1. The maximum atomic E-state index is 14.7. The van der Waals surface area contributed by atoms with E-state index in [1.807, 2.05) is 0 Å². The van der Waals surface area contributed by atoms with Crippen molar-refractivity contribution in [1.29, 1.82) is 0 Å². The van der Waals surface area contributed by atoms with E-state index < -0.39 is 29.4 Å². The van der Waals surface area contributed by atoms with Crippen LogP contribution in [0, 0.1) is 12.7 Å². The van der Waals surface area contributed by atoms with Gasteiger partial charge in [-0.2, -0.15) is 4.98 Å². The van der Waals surface area contributed by atoms with E-state index in [1.54, 1.807) is 19.9 Å². The van der Waals surface area contributed by atoms with Crippen LogP contribution >= 0.6 is 0 Å². The molecule has 1 fully saturated rings. The van der Waals surface area contributed by atoms with Crippen molar-refractivity contribution in [1.82, 2.24) is 15.0 Å². The Kier molecular flexibility index (Phi) is 6.40. The zero-order valence-corrected chi connectivity index (χ0v) is 18.5. The van der Waals surface area contributed by atoms with Crippen LogP contribution in [0.3, 0.4) is 0 Å². The third-order valence-corrected chi connectivity index (χ3v) is 5.89. The Morgan fingerprint density at radius 2 is 1.85 bits per heavy atom. The second-order valence-corrected chi connectivity index (χ2v) is 8.10. The third kappa shape index (κ3) is 4.45. The van der Waals surface area contributed by atoms with Gasteiger partial charge in [0.05, 0.1) is 29.7 Å². The summed E-state index contributed by atoms with van der Waals surface area (Å²) in [4.78, 5) is 13.3. The van der Waals surface area contributed by atoms with Gasteiger partial charge in [-0.05, 0) is 19.9 Å². The number of ether oxygens (including phenoxy) is 2. The van der Waals surface area contributed by atoms with Gasteiger partial charge < -0.3 is 19.9 Å². The predicted octanol–water partition coefficient (Wildman–Crippen LogP) is 4.59. The molecule has 1 atom stereocenters. The summed E-state index contributed by atoms with van der Waals surface area (Å²) in [5.74, 6) is 0.0456. The van der Waals surface area contributed by atoms with Crippen molar-refractivity contribution < 1.29 is 27.8 Å². The Hall–Kier alpha value is -2.98. The van der Waals surface area contributed by atoms with Crippen molar-refractivity contribution in [2.75, 3.05) is 25.6 Å². The summed E-state index contributed by atoms with van der Waals surface area (Å²) in [6.45, 7) is 4.12. The second-order valence-electron chi connectivity index (χ2n) is 8.10. The summed E-state index contributed by atoms with van der Waals surface area (Å²) in [5, 5.41) is 14.9. The normalized spacial score (nSPS) is 16.7. The van der Waals surface area contributed by atoms with Gasteiger partial charge in [-0.15, -0.1) is 0 Å². The molecule has 3 heterocycles. The summed E-state index contributed by atoms with van der Waals surface area (Å²) >= 11 is 0. The number of hydrogen-bond acceptors (Lipinski definition) is 7. The summed E-state index contributed by atoms with van der Waals surface area (Å²) in [5.41, 5.74) is -0.955. The molecule has 0 unspecified atom stereocenters. The van der Waals surface area contributed by atoms with Crippen molar-refractivity contribution in [3.63, 3.8) is 0 Å². The SMILES string of the molecule is COc1nc2nc(C)nc(N[C@H](C)c3cccc(C(F)F)c3F)c2cc1C1(O)CCOCC1. The fourth-order valence-electron chi connectivity index (χ4n) is 4.08. The predicted molar refractivity (Wildman–Crippen MR) is 116 cm³/mol. The number of pyridine rings is 1. The molecule has 1 aliphatic heterocycles. The molecule has 1 aromatic carbocycles. The molecule has 2 aromatic heterocycles. The minimum absolute atomic E-state index is 0.0852. The smallest absolute Gasteiger partial charge is 0.266 e. The van der Waals surface area contributed by atoms with E-state index in [1.165, 1.54) is 19.2 Å². The van der Waals surface area contributed by atoms with E-state index in [-0.39, 0.29) is 11.4 Å². The van der Waals surface area contributed by atoms with Crippen LogP contribution in [0.4, 0.5) is 19.0 Å². The average molecular weight is 462 g/mol. The fraction of sp³-hybridized carbons (Fsp3) is 0.435. The molecule has 7 nitrogen and oxygen atoms in total. The largest absolute Gasteiger partial charge is 0.481 e. The molecule has 0 saturated carbocycles. The van der Waals surface area contributed by atoms with Gasteiger partial charge in [0.1, 0.15) is 17.5 Å². The zero-order valence-electron chi connectivity index (χ0n) is 18.5. The van der Waals surface area contributed by atoms with Crippen LogP contribution < -0.4 is 10.1 Å². The lowest BCUT2D eigenvalue weighted by Crippen LogP contribution is -2.34. The van der Waals surface area contributed by atoms with Crippen molar-refractivity contribution >= 4 is 16.9 Å². The molecule has 33 heavy (non-hydrogen) atoms. The monoisotopic (exact) mass is 462 g/mol. The Morgan fingerprint density at radius 1 is 1.15 bits per heavy atom. The lowest BCUT2D eigenvalue weighted by atomic mass is 9.86. The van der Waals surface area contributed by atoms with Crippen molar-refractivity contribution in [2.45, 2.75) is 44.8 Å². The summed E-state index contributed by atoms with van der Waals surface area (Å²) in [6, 6.07) is 4.95. The Bertz CT molecular complexity index is 1170. The molecule has 1 saturated heterocycles. The molecular weight excluding hydrogens is 437 g/mol. The molecule has 0 spiro atoms. The molecule has 0 aliphatic carbocycles. The minimum atomic E-state index is -2.92. The van der Waals surface area contributed by atoms with Crippen LogP contribution in [-0.4, -0.2) is 40.4 Å². The van der Waals surface area contributed by atoms with E-state index in [9.17, 15) is 18.3 Å². The highest BCUT2D eigenvalue weighted by Crippen LogP contribution is 2.39. The lowest BCUT2D eigenvalue weighted by Gasteiger charge is -2.33. The van der Waals surface area contributed by atoms with E-state index in [0.29, 0.717) is 54.3 Å². The molecule has 2 N–H and O–H groups in total. The summed E-state index contributed by atoms with van der Waals surface area (Å²) in [7, 11) is 1.47. The average Bonchev–Trinajstić information content (AvgIpc) is 2.78. The minimum Gasteiger partial charge on any atom is -0.481 e. The van der Waals surface area contributed by atoms with Crippen LogP contribution in [0.5, 0.6) is 5.88 Å². The molecule has 3 aromatic rings. The van der Waals surface area contributed by atoms with Crippen molar-refractivity contribution in [3.05, 3.63) is 52.6 Å². The maximum absolute atomic E-state index is 14.7. The highest BCUT2D eigenvalue weighted by Gasteiger charge is 2.36. The number of rotatable bonds is 6. The van der Waals surface area contributed by atoms with Gasteiger partial charge in [0.15, 0.2) is 5.65 Å². The Labute approximate surface area is 189 Å². The Morgan fingerprint density at radius 3 is 2.52 bits per heavy atom. The first-order valence-corrected chi connectivity index (χ1v) is 10.6. The first kappa shape index (κ1) is 23.2. The molecule has 10 heteroatoms. The van der Waals surface area contributed by atoms with Crippen LogP contribution in [0.25, 0.3) is 11.0 Å². The number of nitrogens with zero attached hydrogens (tertiary/aromatic N) is 3. The summed E-state index contributed by atoms with van der Waals surface area (Å²) in [6.07, 6.45) is -2.18. The molecule has 1 aliphatic rings. The van der Waals surface area contributed by atoms with Gasteiger partial charge in [-0.1, -0.05) is 18.2 Å². The lowest BCUT2D eigenvalue weighted by molar-refractivity contribution is -0.0691. The van der Waals surface area contributed by atoms with Gasteiger partial charge >= 0.3 is 0 Å². The van der Waals surface area contributed by atoms with Crippen molar-refractivity contribution in [3.8, 4) is 5.88 Å². The van der Waals surface area contributed by atoms with Gasteiger partial charge in [0, 0.05) is 37.2 Å². The zero-order chi connectivity index (χ0) is 23.8. The second kappa shape index (κ2) is 9.11. The number of alkyl halides is 2. The number of aromatic nitrogens is 3. The van der Waals surface area contributed by atoms with Gasteiger partial charge in [-0.25, -0.2) is 23.1 Å². The first-order chi connectivity index (χ1) is 15.7. The van der Waals surface area contributed by atoms with Gasteiger partial charge in [0.2, 0.25) is 5.88 Å². The number of anilines is 1. The fourth-order valence-corrected chi connectivity index (χ4v) is 4.08. The summed E-state index contributed by atoms with van der Waals surface area (Å²) < 4.78 is 51.8. The number of nitrogens with one attached hydrogen (secondary N) is 1. The number of aryl methyl sites for hydroxylation is 1. The molecule has 0 bridgehead atoms. The topological polar surface area (TPSA) is 89.4 Å². The van der Waals surface area contributed by atoms with E-state index in [0.717, 1.165) is 6.07 Å². The van der Waals surface area contributed by atoms with Gasteiger partial charge in [0.25, 0.3) is 6.43 Å². The standard InChI is InChI=1S/C23H25F3N4O3/c1-12(14-5-4-6-15(18(14)24)19(25)26)27-20-16-11-17(23(31)7-9-33-10-8-23)22(32-3)30-21(16)29-13(2)28-20/h4-6,11-12,19,31H,7-10H2,1-3H3,(H,27,28,29,30)/t12-/m1/s1. The number of fused-ring (bicyclic) bond motifs is 1. The maximum Gasteiger partial charge on any atom is 0.266 e. The molecular formula is C23H25F3N4O3. The van der Waals surface area contributed by atoms with Crippen LogP contribution in [0.15, 0.2) is 24.3 Å². The van der Waals surface area contributed by atoms with Crippen LogP contribution in [0.1, 0.15) is 54.7 Å². The molecule has 0 radical (unpaired) electrons. The van der Waals surface area contributed by atoms with Gasteiger partial charge in [-0.3, -0.25) is 0 Å². The number of methoxy groups -OCH3 is 1. The first-order valence-electron chi connectivity index (χ1n) is 10.6. The van der Waals surface area contributed by atoms with E-state index in [4.69, 9.17) is 9.47 Å². The number of benzene rings is 1. The van der Waals surface area contributed by atoms with Crippen LogP contribution in [-0.2, 0) is 10.3 Å². The number of halogens is 3. The molecule has 0 amide bonds. The van der Waals surface area contributed by atoms with Crippen LogP contribution in [0.2, 0.25) is 0 Å². The van der Waals surface area contributed by atoms with E-state index in [2.05, 4.69) is 20.3 Å². The molecule has 4 rings (SSSR count).